The van der Waals surface area contributed by atoms with Gasteiger partial charge in [-0.15, -0.1) is 0 Å². The van der Waals surface area contributed by atoms with Crippen molar-refractivity contribution < 1.29 is 12.8 Å². The average Bonchev–Trinajstić information content (AvgIpc) is 2.38. The summed E-state index contributed by atoms with van der Waals surface area (Å²) in [5.74, 6) is -0.939. The van der Waals surface area contributed by atoms with E-state index < -0.39 is 21.4 Å². The van der Waals surface area contributed by atoms with E-state index in [9.17, 15) is 17.6 Å². The van der Waals surface area contributed by atoms with Crippen molar-refractivity contribution in [1.29, 1.82) is 0 Å². The topological polar surface area (TPSA) is 81.1 Å². The highest BCUT2D eigenvalue weighted by atomic mass is 32.2. The molecule has 19 heavy (non-hydrogen) atoms. The number of sulfonamides is 1. The van der Waals surface area contributed by atoms with Gasteiger partial charge in [-0.05, 0) is 19.2 Å². The SMILES string of the molecule is CNS(=O)(=O)CCn1cnc2cccc(F)c2c1=O. The highest BCUT2D eigenvalue weighted by molar-refractivity contribution is 7.89. The van der Waals surface area contributed by atoms with Crippen molar-refractivity contribution in [3.05, 3.63) is 40.7 Å². The molecule has 1 N–H and O–H groups in total. The van der Waals surface area contributed by atoms with Gasteiger partial charge in [-0.2, -0.15) is 0 Å². The lowest BCUT2D eigenvalue weighted by Crippen LogP contribution is -2.29. The van der Waals surface area contributed by atoms with Gasteiger partial charge >= 0.3 is 0 Å². The van der Waals surface area contributed by atoms with Crippen LogP contribution < -0.4 is 10.3 Å². The molecule has 0 fully saturated rings. The van der Waals surface area contributed by atoms with Gasteiger partial charge in [0.25, 0.3) is 5.56 Å². The first-order valence-corrected chi connectivity index (χ1v) is 7.15. The van der Waals surface area contributed by atoms with E-state index in [4.69, 9.17) is 0 Å². The van der Waals surface area contributed by atoms with Crippen LogP contribution in [0, 0.1) is 5.82 Å². The molecule has 0 aliphatic rings. The number of aryl methyl sites for hydroxylation is 1. The molecular weight excluding hydrogens is 273 g/mol. The minimum absolute atomic E-state index is 0.0840. The minimum Gasteiger partial charge on any atom is -0.298 e. The first kappa shape index (κ1) is 13.6. The number of hydrogen-bond donors (Lipinski definition) is 1. The Bertz CT molecular complexity index is 770. The Morgan fingerprint density at radius 2 is 2.16 bits per heavy atom. The van der Waals surface area contributed by atoms with Crippen LogP contribution in [-0.2, 0) is 16.6 Å². The summed E-state index contributed by atoms with van der Waals surface area (Å²) in [5, 5.41) is -0.133. The molecule has 102 valence electrons. The number of nitrogens with zero attached hydrogens (tertiary/aromatic N) is 2. The molecule has 1 aromatic carbocycles. The normalized spacial score (nSPS) is 11.9. The third kappa shape index (κ3) is 2.79. The molecule has 2 aromatic rings. The van der Waals surface area contributed by atoms with E-state index in [0.717, 1.165) is 4.57 Å². The molecule has 0 aliphatic heterocycles. The summed E-state index contributed by atoms with van der Waals surface area (Å²) in [6, 6.07) is 4.15. The van der Waals surface area contributed by atoms with Crippen molar-refractivity contribution in [3.8, 4) is 0 Å². The molecule has 0 atom stereocenters. The Morgan fingerprint density at radius 3 is 2.84 bits per heavy atom. The molecular formula is C11H12FN3O3S. The maximum absolute atomic E-state index is 13.6. The third-order valence-corrected chi connectivity index (χ3v) is 4.06. The summed E-state index contributed by atoms with van der Waals surface area (Å²) in [4.78, 5) is 16.0. The molecule has 1 aromatic heterocycles. The zero-order valence-electron chi connectivity index (χ0n) is 10.1. The van der Waals surface area contributed by atoms with Gasteiger partial charge in [-0.1, -0.05) is 6.07 Å². The fourth-order valence-electron chi connectivity index (χ4n) is 1.64. The summed E-state index contributed by atoms with van der Waals surface area (Å²) in [7, 11) is -2.14. The van der Waals surface area contributed by atoms with Crippen LogP contribution in [0.5, 0.6) is 0 Å². The van der Waals surface area contributed by atoms with E-state index in [1.54, 1.807) is 0 Å². The Balaban J connectivity index is 2.44. The van der Waals surface area contributed by atoms with Crippen LogP contribution in [0.4, 0.5) is 4.39 Å². The number of rotatable bonds is 4. The summed E-state index contributed by atoms with van der Waals surface area (Å²) < 4.78 is 39.4. The van der Waals surface area contributed by atoms with Crippen LogP contribution in [0.25, 0.3) is 10.9 Å². The van der Waals surface area contributed by atoms with Gasteiger partial charge in [0.15, 0.2) is 0 Å². The van der Waals surface area contributed by atoms with Gasteiger partial charge in [0.05, 0.1) is 17.6 Å². The quantitative estimate of drug-likeness (QED) is 0.863. The van der Waals surface area contributed by atoms with Crippen LogP contribution >= 0.6 is 0 Å². The molecule has 0 bridgehead atoms. The summed E-state index contributed by atoms with van der Waals surface area (Å²) in [6.45, 7) is -0.0840. The van der Waals surface area contributed by atoms with Crippen molar-refractivity contribution in [2.24, 2.45) is 0 Å². The second-order valence-corrected chi connectivity index (χ2v) is 5.95. The number of hydrogen-bond acceptors (Lipinski definition) is 4. The van der Waals surface area contributed by atoms with E-state index in [1.165, 1.54) is 31.6 Å². The van der Waals surface area contributed by atoms with Crippen LogP contribution in [-0.4, -0.2) is 30.8 Å². The van der Waals surface area contributed by atoms with Gasteiger partial charge in [0.1, 0.15) is 11.2 Å². The predicted octanol–water partition coefficient (Wildman–Crippen LogP) is 0.0848. The van der Waals surface area contributed by atoms with Crippen LogP contribution in [0.1, 0.15) is 0 Å². The molecule has 0 aliphatic carbocycles. The Kier molecular flexibility index (Phi) is 3.63. The smallest absolute Gasteiger partial charge is 0.264 e. The zero-order valence-corrected chi connectivity index (χ0v) is 10.9. The minimum atomic E-state index is -3.43. The fourth-order valence-corrected chi connectivity index (χ4v) is 2.28. The second kappa shape index (κ2) is 5.06. The molecule has 0 spiro atoms. The first-order valence-electron chi connectivity index (χ1n) is 5.49. The molecule has 0 saturated heterocycles. The van der Waals surface area contributed by atoms with Crippen LogP contribution in [0.2, 0.25) is 0 Å². The highest BCUT2D eigenvalue weighted by Gasteiger charge is 2.11. The van der Waals surface area contributed by atoms with Crippen molar-refractivity contribution in [2.45, 2.75) is 6.54 Å². The Labute approximate surface area is 108 Å². The highest BCUT2D eigenvalue weighted by Crippen LogP contribution is 2.10. The number of aromatic nitrogens is 2. The molecule has 0 saturated carbocycles. The first-order chi connectivity index (χ1) is 8.94. The monoisotopic (exact) mass is 285 g/mol. The van der Waals surface area contributed by atoms with Gasteiger partial charge in [-0.3, -0.25) is 9.36 Å². The standard InChI is InChI=1S/C11H12FN3O3S/c1-13-19(17,18)6-5-15-7-14-9-4-2-3-8(12)10(9)11(15)16/h2-4,7,13H,5-6H2,1H3. The van der Waals surface area contributed by atoms with Crippen molar-refractivity contribution >= 4 is 20.9 Å². The molecule has 8 heteroatoms. The van der Waals surface area contributed by atoms with Gasteiger partial charge in [-0.25, -0.2) is 22.5 Å². The summed E-state index contributed by atoms with van der Waals surface area (Å²) >= 11 is 0. The van der Waals surface area contributed by atoms with Gasteiger partial charge < -0.3 is 0 Å². The fraction of sp³-hybridized carbons (Fsp3) is 0.273. The second-order valence-electron chi connectivity index (χ2n) is 3.90. The maximum atomic E-state index is 13.6. The van der Waals surface area contributed by atoms with Crippen molar-refractivity contribution in [2.75, 3.05) is 12.8 Å². The lowest BCUT2D eigenvalue weighted by molar-refractivity contribution is 0.578. The van der Waals surface area contributed by atoms with Crippen molar-refractivity contribution in [3.63, 3.8) is 0 Å². The van der Waals surface area contributed by atoms with Crippen LogP contribution in [0.15, 0.2) is 29.3 Å². The van der Waals surface area contributed by atoms with Crippen LogP contribution in [0.3, 0.4) is 0 Å². The molecule has 2 rings (SSSR count). The maximum Gasteiger partial charge on any atom is 0.264 e. The molecule has 0 amide bonds. The largest absolute Gasteiger partial charge is 0.298 e. The lowest BCUT2D eigenvalue weighted by atomic mass is 10.2. The van der Waals surface area contributed by atoms with Crippen molar-refractivity contribution in [1.82, 2.24) is 14.3 Å². The third-order valence-electron chi connectivity index (χ3n) is 2.71. The molecule has 1 heterocycles. The van der Waals surface area contributed by atoms with E-state index >= 15 is 0 Å². The lowest BCUT2D eigenvalue weighted by Gasteiger charge is -2.07. The van der Waals surface area contributed by atoms with Gasteiger partial charge in [0, 0.05) is 6.54 Å². The molecule has 6 nitrogen and oxygen atoms in total. The molecule has 0 radical (unpaired) electrons. The van der Waals surface area contributed by atoms with E-state index in [2.05, 4.69) is 9.71 Å². The number of fused-ring (bicyclic) bond motifs is 1. The number of halogens is 1. The van der Waals surface area contributed by atoms with Gasteiger partial charge in [0.2, 0.25) is 10.0 Å². The zero-order chi connectivity index (χ0) is 14.0. The van der Waals surface area contributed by atoms with E-state index in [-0.39, 0.29) is 23.2 Å². The predicted molar refractivity (Wildman–Crippen MR) is 68.8 cm³/mol. The Morgan fingerprint density at radius 1 is 1.42 bits per heavy atom. The van der Waals surface area contributed by atoms with E-state index in [0.29, 0.717) is 0 Å². The average molecular weight is 285 g/mol. The molecule has 0 unspecified atom stereocenters. The Hall–Kier alpha value is -1.80. The van der Waals surface area contributed by atoms with E-state index in [1.807, 2.05) is 0 Å². The summed E-state index contributed by atoms with van der Waals surface area (Å²) in [5.41, 5.74) is -0.341. The number of nitrogens with one attached hydrogen (secondary N) is 1. The number of benzene rings is 1. The summed E-state index contributed by atoms with van der Waals surface area (Å²) in [6.07, 6.45) is 1.22.